The van der Waals surface area contributed by atoms with Crippen molar-refractivity contribution >= 4 is 10.8 Å². The second-order valence-corrected chi connectivity index (χ2v) is 3.93. The van der Waals surface area contributed by atoms with E-state index in [9.17, 15) is 4.39 Å². The van der Waals surface area contributed by atoms with Crippen LogP contribution in [0.4, 0.5) is 4.39 Å². The Morgan fingerprint density at radius 3 is 2.62 bits per heavy atom. The van der Waals surface area contributed by atoms with Gasteiger partial charge in [0.2, 0.25) is 0 Å². The van der Waals surface area contributed by atoms with Crippen LogP contribution < -0.4 is 4.74 Å². The van der Waals surface area contributed by atoms with E-state index >= 15 is 0 Å². The van der Waals surface area contributed by atoms with Gasteiger partial charge in [0.05, 0.1) is 6.61 Å². The standard InChI is InChI=1S/C14H15FO/c1-11(15)8-9-16-14-7-6-12-4-2-3-5-13(12)10-14/h2-7,10-11H,8-9H2,1H3. The van der Waals surface area contributed by atoms with Crippen molar-refractivity contribution in [3.05, 3.63) is 42.5 Å². The highest BCUT2D eigenvalue weighted by Gasteiger charge is 2.00. The number of fused-ring (bicyclic) bond motifs is 1. The van der Waals surface area contributed by atoms with E-state index in [4.69, 9.17) is 4.74 Å². The molecule has 1 nitrogen and oxygen atoms in total. The minimum Gasteiger partial charge on any atom is -0.493 e. The van der Waals surface area contributed by atoms with Gasteiger partial charge in [-0.2, -0.15) is 0 Å². The lowest BCUT2D eigenvalue weighted by molar-refractivity contribution is 0.247. The van der Waals surface area contributed by atoms with Crippen LogP contribution in [0.15, 0.2) is 42.5 Å². The minimum atomic E-state index is -0.805. The van der Waals surface area contributed by atoms with Gasteiger partial charge in [0.25, 0.3) is 0 Å². The summed E-state index contributed by atoms with van der Waals surface area (Å²) >= 11 is 0. The zero-order valence-electron chi connectivity index (χ0n) is 9.32. The molecule has 0 heterocycles. The molecule has 0 saturated carbocycles. The predicted molar refractivity (Wildman–Crippen MR) is 64.6 cm³/mol. The average Bonchev–Trinajstić information content (AvgIpc) is 2.28. The summed E-state index contributed by atoms with van der Waals surface area (Å²) in [6, 6.07) is 14.0. The molecule has 1 unspecified atom stereocenters. The minimum absolute atomic E-state index is 0.427. The van der Waals surface area contributed by atoms with Crippen molar-refractivity contribution in [3.8, 4) is 5.75 Å². The van der Waals surface area contributed by atoms with Crippen molar-refractivity contribution in [2.45, 2.75) is 19.5 Å². The third kappa shape index (κ3) is 2.72. The molecule has 84 valence electrons. The summed E-state index contributed by atoms with van der Waals surface area (Å²) in [7, 11) is 0. The predicted octanol–water partition coefficient (Wildman–Crippen LogP) is 3.97. The molecule has 2 heteroatoms. The van der Waals surface area contributed by atoms with E-state index in [2.05, 4.69) is 6.07 Å². The first-order chi connectivity index (χ1) is 7.75. The molecule has 0 aromatic heterocycles. The molecule has 16 heavy (non-hydrogen) atoms. The first-order valence-corrected chi connectivity index (χ1v) is 5.51. The number of alkyl halides is 1. The molecular weight excluding hydrogens is 203 g/mol. The molecule has 0 fully saturated rings. The lowest BCUT2D eigenvalue weighted by atomic mass is 10.1. The van der Waals surface area contributed by atoms with E-state index in [0.717, 1.165) is 11.1 Å². The van der Waals surface area contributed by atoms with E-state index in [0.29, 0.717) is 13.0 Å². The summed E-state index contributed by atoms with van der Waals surface area (Å²) in [4.78, 5) is 0. The van der Waals surface area contributed by atoms with Crippen LogP contribution in [0, 0.1) is 0 Å². The SMILES string of the molecule is CC(F)CCOc1ccc2ccccc2c1. The van der Waals surface area contributed by atoms with Gasteiger partial charge in [-0.3, -0.25) is 0 Å². The highest BCUT2D eigenvalue weighted by molar-refractivity contribution is 5.83. The fourth-order valence-corrected chi connectivity index (χ4v) is 1.60. The fraction of sp³-hybridized carbons (Fsp3) is 0.286. The molecular formula is C14H15FO. The number of hydrogen-bond acceptors (Lipinski definition) is 1. The molecule has 0 N–H and O–H groups in total. The van der Waals surface area contributed by atoms with Crippen LogP contribution in [0.1, 0.15) is 13.3 Å². The monoisotopic (exact) mass is 218 g/mol. The zero-order valence-corrected chi connectivity index (χ0v) is 9.32. The van der Waals surface area contributed by atoms with E-state index in [1.807, 2.05) is 36.4 Å². The molecule has 0 saturated heterocycles. The van der Waals surface area contributed by atoms with Gasteiger partial charge in [0, 0.05) is 6.42 Å². The second-order valence-electron chi connectivity index (χ2n) is 3.93. The molecule has 2 aromatic carbocycles. The summed E-state index contributed by atoms with van der Waals surface area (Å²) in [6.07, 6.45) is -0.368. The number of rotatable bonds is 4. The normalized spacial score (nSPS) is 12.6. The van der Waals surface area contributed by atoms with Crippen molar-refractivity contribution in [2.24, 2.45) is 0 Å². The fourth-order valence-electron chi connectivity index (χ4n) is 1.60. The maximum absolute atomic E-state index is 12.6. The summed E-state index contributed by atoms with van der Waals surface area (Å²) < 4.78 is 18.1. The Balaban J connectivity index is 2.08. The Kier molecular flexibility index (Phi) is 3.40. The van der Waals surface area contributed by atoms with Crippen molar-refractivity contribution in [1.29, 1.82) is 0 Å². The van der Waals surface area contributed by atoms with Gasteiger partial charge in [-0.05, 0) is 29.8 Å². The van der Waals surface area contributed by atoms with Crippen molar-refractivity contribution in [3.63, 3.8) is 0 Å². The van der Waals surface area contributed by atoms with Crippen LogP contribution in [-0.4, -0.2) is 12.8 Å². The Hall–Kier alpha value is -1.57. The smallest absolute Gasteiger partial charge is 0.119 e. The molecule has 0 spiro atoms. The summed E-state index contributed by atoms with van der Waals surface area (Å²) in [5, 5.41) is 2.34. The van der Waals surface area contributed by atoms with Crippen molar-refractivity contribution in [1.82, 2.24) is 0 Å². The topological polar surface area (TPSA) is 9.23 Å². The van der Waals surface area contributed by atoms with Crippen molar-refractivity contribution < 1.29 is 9.13 Å². The van der Waals surface area contributed by atoms with Crippen LogP contribution in [0.5, 0.6) is 5.75 Å². The summed E-state index contributed by atoms with van der Waals surface area (Å²) in [5.74, 6) is 0.805. The van der Waals surface area contributed by atoms with Crippen LogP contribution in [0.2, 0.25) is 0 Å². The van der Waals surface area contributed by atoms with E-state index < -0.39 is 6.17 Å². The molecule has 0 aliphatic rings. The van der Waals surface area contributed by atoms with Gasteiger partial charge >= 0.3 is 0 Å². The van der Waals surface area contributed by atoms with Crippen LogP contribution in [0.3, 0.4) is 0 Å². The molecule has 0 aliphatic carbocycles. The van der Waals surface area contributed by atoms with Gasteiger partial charge in [-0.25, -0.2) is 4.39 Å². The quantitative estimate of drug-likeness (QED) is 0.754. The maximum atomic E-state index is 12.6. The number of hydrogen-bond donors (Lipinski definition) is 0. The number of halogens is 1. The summed E-state index contributed by atoms with van der Waals surface area (Å²) in [6.45, 7) is 1.97. The van der Waals surface area contributed by atoms with Gasteiger partial charge in [-0.15, -0.1) is 0 Å². The van der Waals surface area contributed by atoms with Crippen LogP contribution in [0.25, 0.3) is 10.8 Å². The Labute approximate surface area is 94.9 Å². The highest BCUT2D eigenvalue weighted by atomic mass is 19.1. The van der Waals surface area contributed by atoms with Gasteiger partial charge in [-0.1, -0.05) is 30.3 Å². The number of benzene rings is 2. The van der Waals surface area contributed by atoms with Crippen LogP contribution in [-0.2, 0) is 0 Å². The Morgan fingerprint density at radius 2 is 1.88 bits per heavy atom. The zero-order chi connectivity index (χ0) is 11.4. The highest BCUT2D eigenvalue weighted by Crippen LogP contribution is 2.20. The summed E-state index contributed by atoms with van der Waals surface area (Å²) in [5.41, 5.74) is 0. The third-order valence-electron chi connectivity index (χ3n) is 2.51. The molecule has 2 aromatic rings. The van der Waals surface area contributed by atoms with E-state index in [1.165, 1.54) is 5.39 Å². The Morgan fingerprint density at radius 1 is 1.12 bits per heavy atom. The maximum Gasteiger partial charge on any atom is 0.119 e. The third-order valence-corrected chi connectivity index (χ3v) is 2.51. The molecule has 0 amide bonds. The average molecular weight is 218 g/mol. The first-order valence-electron chi connectivity index (χ1n) is 5.51. The second kappa shape index (κ2) is 4.97. The first kappa shape index (κ1) is 10.9. The van der Waals surface area contributed by atoms with E-state index in [-0.39, 0.29) is 0 Å². The number of ether oxygens (including phenoxy) is 1. The lowest BCUT2D eigenvalue weighted by Gasteiger charge is -2.07. The van der Waals surface area contributed by atoms with Gasteiger partial charge in [0.1, 0.15) is 11.9 Å². The molecule has 1 atom stereocenters. The molecule has 0 bridgehead atoms. The molecule has 2 rings (SSSR count). The van der Waals surface area contributed by atoms with Crippen LogP contribution >= 0.6 is 0 Å². The lowest BCUT2D eigenvalue weighted by Crippen LogP contribution is -2.03. The van der Waals surface area contributed by atoms with Gasteiger partial charge < -0.3 is 4.74 Å². The molecule has 0 aliphatic heterocycles. The van der Waals surface area contributed by atoms with E-state index in [1.54, 1.807) is 6.92 Å². The Bertz CT molecular complexity index is 465. The molecule has 0 radical (unpaired) electrons. The van der Waals surface area contributed by atoms with Gasteiger partial charge in [0.15, 0.2) is 0 Å². The van der Waals surface area contributed by atoms with Crippen molar-refractivity contribution in [2.75, 3.05) is 6.61 Å². The largest absolute Gasteiger partial charge is 0.493 e.